The summed E-state index contributed by atoms with van der Waals surface area (Å²) in [6.07, 6.45) is 7.90. The number of hydrogen-bond acceptors (Lipinski definition) is 12. The van der Waals surface area contributed by atoms with Gasteiger partial charge in [-0.15, -0.1) is 0 Å². The van der Waals surface area contributed by atoms with E-state index in [1.54, 1.807) is 36.4 Å². The van der Waals surface area contributed by atoms with Crippen molar-refractivity contribution in [2.75, 3.05) is 13.2 Å². The van der Waals surface area contributed by atoms with E-state index >= 15 is 0 Å². The van der Waals surface area contributed by atoms with Crippen LogP contribution in [0.1, 0.15) is 79.1 Å². The molecule has 3 aromatic carbocycles. The zero-order chi connectivity index (χ0) is 38.9. The lowest BCUT2D eigenvalue weighted by Crippen LogP contribution is -2.14. The quantitative estimate of drug-likeness (QED) is 0.113. The van der Waals surface area contributed by atoms with Gasteiger partial charge in [-0.2, -0.15) is 10.5 Å². The van der Waals surface area contributed by atoms with Crippen molar-refractivity contribution in [2.45, 2.75) is 108 Å². The largest absolute Gasteiger partial charge is 0.491 e. The van der Waals surface area contributed by atoms with Gasteiger partial charge >= 0.3 is 0 Å². The highest BCUT2D eigenvalue weighted by molar-refractivity contribution is 8.26. The fourth-order valence-electron chi connectivity index (χ4n) is 5.91. The fraction of sp³-hybridized carbons (Fsp3) is 0.400. The van der Waals surface area contributed by atoms with Crippen LogP contribution in [0.3, 0.4) is 0 Å². The molecule has 8 nitrogen and oxygen atoms in total. The van der Waals surface area contributed by atoms with Gasteiger partial charge in [-0.05, 0) is 48.9 Å². The van der Waals surface area contributed by atoms with E-state index < -0.39 is 19.7 Å². The Morgan fingerprint density at radius 3 is 1.20 bits per heavy atom. The summed E-state index contributed by atoms with van der Waals surface area (Å²) >= 11 is 4.64. The number of thioether (sulfide) groups is 4. The molecule has 0 radical (unpaired) electrons. The van der Waals surface area contributed by atoms with E-state index in [1.807, 2.05) is 12.1 Å². The van der Waals surface area contributed by atoms with Crippen LogP contribution in [0.25, 0.3) is 0 Å². The minimum Gasteiger partial charge on any atom is -0.491 e. The molecule has 0 fully saturated rings. The van der Waals surface area contributed by atoms with Gasteiger partial charge in [0.1, 0.15) is 23.6 Å². The molecule has 0 spiro atoms. The molecule has 0 saturated heterocycles. The Morgan fingerprint density at radius 1 is 0.593 bits per heavy atom. The van der Waals surface area contributed by atoms with Gasteiger partial charge in [0.15, 0.2) is 9.81 Å². The van der Waals surface area contributed by atoms with Crippen molar-refractivity contribution in [1.82, 2.24) is 0 Å². The molecule has 14 heteroatoms. The Balaban J connectivity index is 1.71. The maximum absolute atomic E-state index is 13.9. The molecule has 2 aliphatic rings. The second kappa shape index (κ2) is 19.2. The molecule has 2 heterocycles. The molecular weight excluding hydrogens is 797 g/mol. The number of allylic oxidation sites excluding steroid dienone is 2. The van der Waals surface area contributed by atoms with Gasteiger partial charge in [0, 0.05) is 0 Å². The Labute approximate surface area is 337 Å². The number of fused-ring (bicyclic) bond motifs is 2. The maximum Gasteiger partial charge on any atom is 0.218 e. The number of unbranched alkanes of at least 4 members (excludes halogenated alkanes) is 2. The minimum absolute atomic E-state index is 0.0228. The number of ether oxygens (including phenoxy) is 2. The third-order valence-electron chi connectivity index (χ3n) is 9.25. The summed E-state index contributed by atoms with van der Waals surface area (Å²) in [5.41, 5.74) is 0. The van der Waals surface area contributed by atoms with Crippen molar-refractivity contribution < 1.29 is 26.3 Å². The van der Waals surface area contributed by atoms with Crippen molar-refractivity contribution in [3.05, 3.63) is 78.9 Å². The van der Waals surface area contributed by atoms with Gasteiger partial charge < -0.3 is 9.47 Å². The summed E-state index contributed by atoms with van der Waals surface area (Å²) in [5.74, 6) is 1.45. The Bertz CT molecular complexity index is 1990. The first-order chi connectivity index (χ1) is 26.0. The predicted octanol–water partition coefficient (Wildman–Crippen LogP) is 11.6. The number of nitriles is 2. The highest BCUT2D eigenvalue weighted by atomic mass is 32.2. The van der Waals surface area contributed by atoms with Gasteiger partial charge in [0.2, 0.25) is 19.7 Å². The van der Waals surface area contributed by atoms with Crippen molar-refractivity contribution in [1.29, 1.82) is 10.5 Å². The summed E-state index contributed by atoms with van der Waals surface area (Å²) in [6.45, 7) is 9.31. The van der Waals surface area contributed by atoms with Crippen LogP contribution < -0.4 is 9.47 Å². The monoisotopic (exact) mass is 840 g/mol. The molecule has 2 unspecified atom stereocenters. The normalized spacial score (nSPS) is 14.8. The Kier molecular flexibility index (Phi) is 15.0. The molecule has 2 atom stereocenters. The van der Waals surface area contributed by atoms with Gasteiger partial charge in [0.05, 0.1) is 51.1 Å². The second-order valence-electron chi connectivity index (χ2n) is 12.9. The van der Waals surface area contributed by atoms with Crippen LogP contribution in [-0.4, -0.2) is 30.0 Å². The third kappa shape index (κ3) is 9.17. The summed E-state index contributed by atoms with van der Waals surface area (Å²) in [5, 5.41) is 20.7. The zero-order valence-corrected chi connectivity index (χ0v) is 35.7. The van der Waals surface area contributed by atoms with Crippen LogP contribution in [0.15, 0.2) is 108 Å². The molecular formula is C40H44N2O6S6. The van der Waals surface area contributed by atoms with Crippen molar-refractivity contribution in [3.8, 4) is 23.6 Å². The standard InChI is InChI=1S/C40H44N2O6S6/c1-5-9-17-27(7-3)25-47-33-35-37(51-39(49-35)31(23-41)53(43,44)29-19-13-11-14-20-29)34(48-26-28(8-4)18-10-6-2)38-36(33)50-40(52-38)32(24-42)54(45,46)30-21-15-12-16-22-30/h11-16,19-22,27-28H,5-10,17-18,25-26H2,1-4H3. The van der Waals surface area contributed by atoms with E-state index in [9.17, 15) is 27.4 Å². The first-order valence-corrected chi connectivity index (χ1v) is 24.4. The number of benzene rings is 3. The molecule has 0 N–H and O–H groups in total. The molecule has 0 bridgehead atoms. The Morgan fingerprint density at radius 2 is 0.926 bits per heavy atom. The van der Waals surface area contributed by atoms with Gasteiger partial charge in [-0.25, -0.2) is 16.8 Å². The first kappa shape index (κ1) is 42.2. The highest BCUT2D eigenvalue weighted by Gasteiger charge is 2.41. The maximum atomic E-state index is 13.9. The molecule has 0 amide bonds. The van der Waals surface area contributed by atoms with Gasteiger partial charge in [-0.1, -0.05) is 150 Å². The number of sulfone groups is 2. The van der Waals surface area contributed by atoms with Gasteiger partial charge in [-0.3, -0.25) is 0 Å². The van der Waals surface area contributed by atoms with Crippen LogP contribution in [0.4, 0.5) is 0 Å². The molecule has 0 aliphatic carbocycles. The SMILES string of the molecule is CCCCC(CC)COc1c2c(c(OCC(CC)CCCC)c3c1SC(=C(C#N)S(=O)(=O)c1ccccc1)S3)SC(=C(C#N)S(=O)(=O)c1ccccc1)S2. The zero-order valence-electron chi connectivity index (χ0n) is 30.8. The van der Waals surface area contributed by atoms with Crippen LogP contribution >= 0.6 is 47.0 Å². The van der Waals surface area contributed by atoms with Crippen molar-refractivity contribution in [3.63, 3.8) is 0 Å². The molecule has 0 aromatic heterocycles. The first-order valence-electron chi connectivity index (χ1n) is 18.1. The summed E-state index contributed by atoms with van der Waals surface area (Å²) < 4.78 is 69.5. The van der Waals surface area contributed by atoms with Crippen LogP contribution in [0.5, 0.6) is 11.5 Å². The topological polar surface area (TPSA) is 134 Å². The lowest BCUT2D eigenvalue weighted by Gasteiger charge is -2.22. The van der Waals surface area contributed by atoms with Crippen molar-refractivity contribution >= 4 is 66.7 Å². The van der Waals surface area contributed by atoms with E-state index in [2.05, 4.69) is 27.7 Å². The minimum atomic E-state index is -4.16. The predicted molar refractivity (Wildman–Crippen MR) is 220 cm³/mol. The van der Waals surface area contributed by atoms with Crippen molar-refractivity contribution in [2.24, 2.45) is 11.8 Å². The van der Waals surface area contributed by atoms with E-state index in [4.69, 9.17) is 9.47 Å². The van der Waals surface area contributed by atoms with Crippen LogP contribution in [0, 0.1) is 34.5 Å². The smallest absolute Gasteiger partial charge is 0.218 e. The van der Waals surface area contributed by atoms with E-state index in [1.165, 1.54) is 24.3 Å². The van der Waals surface area contributed by atoms with Crippen LogP contribution in [0.2, 0.25) is 0 Å². The lowest BCUT2D eigenvalue weighted by atomic mass is 10.0. The average molecular weight is 841 g/mol. The Hall–Kier alpha value is -2.98. The molecule has 3 aromatic rings. The summed E-state index contributed by atoms with van der Waals surface area (Å²) in [7, 11) is -8.32. The molecule has 5 rings (SSSR count). The second-order valence-corrected chi connectivity index (χ2v) is 21.3. The number of hydrogen-bond donors (Lipinski definition) is 0. The fourth-order valence-corrected chi connectivity index (χ4v) is 14.9. The summed E-state index contributed by atoms with van der Waals surface area (Å²) in [6, 6.07) is 19.8. The number of rotatable bonds is 18. The molecule has 54 heavy (non-hydrogen) atoms. The summed E-state index contributed by atoms with van der Waals surface area (Å²) in [4.78, 5) is 1.79. The highest BCUT2D eigenvalue weighted by Crippen LogP contribution is 2.69. The third-order valence-corrected chi connectivity index (χ3v) is 18.4. The van der Waals surface area contributed by atoms with E-state index in [-0.39, 0.29) is 31.4 Å². The number of nitrogens with zero attached hydrogens (tertiary/aromatic N) is 2. The molecule has 0 saturated carbocycles. The molecule has 286 valence electrons. The van der Waals surface area contributed by atoms with Crippen LogP contribution in [-0.2, 0) is 19.7 Å². The lowest BCUT2D eigenvalue weighted by molar-refractivity contribution is 0.210. The van der Waals surface area contributed by atoms with Gasteiger partial charge in [0.25, 0.3) is 0 Å². The average Bonchev–Trinajstić information content (AvgIpc) is 3.81. The molecule has 2 aliphatic heterocycles. The van der Waals surface area contributed by atoms with E-state index in [0.29, 0.717) is 52.8 Å². The van der Waals surface area contributed by atoms with E-state index in [0.717, 1.165) is 98.4 Å².